The smallest absolute Gasteiger partial charge is 0.245 e. The number of ether oxygens (including phenoxy) is 1. The van der Waals surface area contributed by atoms with Crippen LogP contribution in [0.5, 0.6) is 5.75 Å². The monoisotopic (exact) mass is 384 g/mol. The summed E-state index contributed by atoms with van der Waals surface area (Å²) in [6, 6.07) is 6.27. The predicted molar refractivity (Wildman–Crippen MR) is 105 cm³/mol. The Kier molecular flexibility index (Phi) is 5.45. The number of hydrogen-bond acceptors (Lipinski definition) is 6. The van der Waals surface area contributed by atoms with E-state index in [1.54, 1.807) is 7.11 Å². The molecule has 28 heavy (non-hydrogen) atoms. The third-order valence-electron chi connectivity index (χ3n) is 5.89. The first-order chi connectivity index (χ1) is 13.6. The Bertz CT molecular complexity index is 836. The second kappa shape index (κ2) is 8.16. The lowest BCUT2D eigenvalue weighted by Gasteiger charge is -2.35. The maximum absolute atomic E-state index is 11.6. The number of rotatable bonds is 6. The number of amides is 1. The van der Waals surface area contributed by atoms with Gasteiger partial charge in [0.05, 0.1) is 13.7 Å². The van der Waals surface area contributed by atoms with Gasteiger partial charge in [0, 0.05) is 26.1 Å². The molecule has 4 rings (SSSR count). The van der Waals surface area contributed by atoms with Crippen LogP contribution in [0.3, 0.4) is 0 Å². The molecule has 0 bridgehead atoms. The average Bonchev–Trinajstić information content (AvgIpc) is 3.35. The third-order valence-corrected chi connectivity index (χ3v) is 5.89. The topological polar surface area (TPSA) is 85.2 Å². The Labute approximate surface area is 165 Å². The van der Waals surface area contributed by atoms with Crippen LogP contribution in [0.4, 0.5) is 5.95 Å². The number of hydrogen-bond donors (Lipinski definition) is 1. The SMILES string of the molecule is COc1cc(C)cc(CCn2nnnc2N2CCCC(C3CNC(=O)C3)C2)c1. The Hall–Kier alpha value is -2.64. The van der Waals surface area contributed by atoms with E-state index in [1.807, 2.05) is 10.7 Å². The van der Waals surface area contributed by atoms with Gasteiger partial charge in [-0.3, -0.25) is 4.79 Å². The quantitative estimate of drug-likeness (QED) is 0.814. The van der Waals surface area contributed by atoms with Crippen molar-refractivity contribution >= 4 is 11.9 Å². The van der Waals surface area contributed by atoms with Crippen LogP contribution in [-0.4, -0.2) is 52.9 Å². The number of anilines is 1. The van der Waals surface area contributed by atoms with Crippen molar-refractivity contribution in [3.8, 4) is 5.75 Å². The molecular formula is C20H28N6O2. The van der Waals surface area contributed by atoms with E-state index in [-0.39, 0.29) is 5.91 Å². The first kappa shape index (κ1) is 18.7. The molecule has 0 spiro atoms. The van der Waals surface area contributed by atoms with Gasteiger partial charge in [-0.2, -0.15) is 0 Å². The maximum atomic E-state index is 11.6. The van der Waals surface area contributed by atoms with Crippen LogP contribution in [-0.2, 0) is 17.8 Å². The minimum absolute atomic E-state index is 0.181. The molecule has 8 heteroatoms. The second-order valence-electron chi connectivity index (χ2n) is 7.93. The number of aryl methyl sites for hydroxylation is 3. The maximum Gasteiger partial charge on any atom is 0.245 e. The minimum atomic E-state index is 0.181. The van der Waals surface area contributed by atoms with E-state index < -0.39 is 0 Å². The molecule has 1 aromatic carbocycles. The van der Waals surface area contributed by atoms with Gasteiger partial charge in [-0.05, 0) is 71.7 Å². The molecule has 2 saturated heterocycles. The molecule has 2 aliphatic rings. The van der Waals surface area contributed by atoms with Gasteiger partial charge in [-0.25, -0.2) is 4.68 Å². The van der Waals surface area contributed by atoms with Crippen molar-refractivity contribution < 1.29 is 9.53 Å². The van der Waals surface area contributed by atoms with Crippen LogP contribution in [0.2, 0.25) is 0 Å². The molecule has 2 unspecified atom stereocenters. The number of carbonyl (C=O) groups is 1. The highest BCUT2D eigenvalue weighted by Crippen LogP contribution is 2.30. The van der Waals surface area contributed by atoms with Crippen LogP contribution >= 0.6 is 0 Å². The second-order valence-corrected chi connectivity index (χ2v) is 7.93. The molecule has 0 saturated carbocycles. The molecule has 0 aliphatic carbocycles. The van der Waals surface area contributed by atoms with E-state index in [0.29, 0.717) is 18.3 Å². The van der Waals surface area contributed by atoms with Gasteiger partial charge in [0.15, 0.2) is 0 Å². The number of benzene rings is 1. The summed E-state index contributed by atoms with van der Waals surface area (Å²) < 4.78 is 7.27. The number of carbonyl (C=O) groups excluding carboxylic acids is 1. The van der Waals surface area contributed by atoms with Crippen molar-refractivity contribution in [1.82, 2.24) is 25.5 Å². The van der Waals surface area contributed by atoms with Gasteiger partial charge >= 0.3 is 0 Å². The van der Waals surface area contributed by atoms with Gasteiger partial charge in [-0.1, -0.05) is 11.2 Å². The molecule has 8 nitrogen and oxygen atoms in total. The highest BCUT2D eigenvalue weighted by Gasteiger charge is 2.33. The zero-order valence-electron chi connectivity index (χ0n) is 16.6. The highest BCUT2D eigenvalue weighted by molar-refractivity contribution is 5.78. The van der Waals surface area contributed by atoms with Crippen molar-refractivity contribution in [1.29, 1.82) is 0 Å². The van der Waals surface area contributed by atoms with Crippen LogP contribution in [0.1, 0.15) is 30.4 Å². The summed E-state index contributed by atoms with van der Waals surface area (Å²) in [6.45, 7) is 5.48. The molecule has 1 N–H and O–H groups in total. The van der Waals surface area contributed by atoms with Crippen LogP contribution in [0.25, 0.3) is 0 Å². The van der Waals surface area contributed by atoms with Crippen LogP contribution < -0.4 is 15.0 Å². The molecule has 150 valence electrons. The number of nitrogens with one attached hydrogen (secondary N) is 1. The van der Waals surface area contributed by atoms with Crippen molar-refractivity contribution in [2.45, 2.75) is 39.2 Å². The number of aromatic nitrogens is 4. The first-order valence-corrected chi connectivity index (χ1v) is 10.0. The van der Waals surface area contributed by atoms with Crippen molar-refractivity contribution in [3.63, 3.8) is 0 Å². The zero-order chi connectivity index (χ0) is 19.5. The summed E-state index contributed by atoms with van der Waals surface area (Å²) in [4.78, 5) is 13.9. The largest absolute Gasteiger partial charge is 0.497 e. The standard InChI is InChI=1S/C20H28N6O2/c1-14-8-15(10-18(9-14)28-2)5-7-26-20(22-23-24-26)25-6-3-4-16(13-25)17-11-19(27)21-12-17/h8-10,16-17H,3-7,11-13H2,1-2H3,(H,21,27). The van der Waals surface area contributed by atoms with E-state index in [0.717, 1.165) is 50.7 Å². The fourth-order valence-corrected chi connectivity index (χ4v) is 4.43. The molecular weight excluding hydrogens is 356 g/mol. The van der Waals surface area contributed by atoms with E-state index in [9.17, 15) is 4.79 Å². The molecule has 1 aromatic heterocycles. The molecule has 3 heterocycles. The molecule has 2 atom stereocenters. The van der Waals surface area contributed by atoms with E-state index in [2.05, 4.69) is 44.8 Å². The summed E-state index contributed by atoms with van der Waals surface area (Å²) in [5, 5.41) is 15.4. The Morgan fingerprint density at radius 3 is 2.96 bits per heavy atom. The average molecular weight is 384 g/mol. The fourth-order valence-electron chi connectivity index (χ4n) is 4.43. The summed E-state index contributed by atoms with van der Waals surface area (Å²) in [5.74, 6) is 2.84. The lowest BCUT2D eigenvalue weighted by molar-refractivity contribution is -0.119. The van der Waals surface area contributed by atoms with E-state index in [4.69, 9.17) is 4.74 Å². The predicted octanol–water partition coefficient (Wildman–Crippen LogP) is 1.59. The number of tetrazole rings is 1. The van der Waals surface area contributed by atoms with Crippen molar-refractivity contribution in [2.24, 2.45) is 11.8 Å². The van der Waals surface area contributed by atoms with Gasteiger partial charge < -0.3 is 15.0 Å². The lowest BCUT2D eigenvalue weighted by Crippen LogP contribution is -2.40. The zero-order valence-corrected chi connectivity index (χ0v) is 16.6. The Morgan fingerprint density at radius 1 is 1.29 bits per heavy atom. The summed E-state index contributed by atoms with van der Waals surface area (Å²) in [7, 11) is 1.69. The first-order valence-electron chi connectivity index (χ1n) is 10.0. The Balaban J connectivity index is 1.42. The number of methoxy groups -OCH3 is 1. The van der Waals surface area contributed by atoms with E-state index in [1.165, 1.54) is 17.5 Å². The van der Waals surface area contributed by atoms with Gasteiger partial charge in [0.1, 0.15) is 5.75 Å². The summed E-state index contributed by atoms with van der Waals surface area (Å²) in [6.07, 6.45) is 3.77. The van der Waals surface area contributed by atoms with Gasteiger partial charge in [0.2, 0.25) is 11.9 Å². The normalized spacial score (nSPS) is 22.4. The minimum Gasteiger partial charge on any atom is -0.497 e. The van der Waals surface area contributed by atoms with Crippen LogP contribution in [0, 0.1) is 18.8 Å². The fraction of sp³-hybridized carbons (Fsp3) is 0.600. The van der Waals surface area contributed by atoms with Gasteiger partial charge in [-0.15, -0.1) is 0 Å². The molecule has 2 aliphatic heterocycles. The highest BCUT2D eigenvalue weighted by atomic mass is 16.5. The van der Waals surface area contributed by atoms with Crippen molar-refractivity contribution in [2.75, 3.05) is 31.6 Å². The third kappa shape index (κ3) is 4.10. The number of nitrogens with zero attached hydrogens (tertiary/aromatic N) is 5. The molecule has 2 aromatic rings. The molecule has 2 fully saturated rings. The van der Waals surface area contributed by atoms with Gasteiger partial charge in [0.25, 0.3) is 0 Å². The molecule has 0 radical (unpaired) electrons. The number of piperidine rings is 1. The van der Waals surface area contributed by atoms with E-state index >= 15 is 0 Å². The van der Waals surface area contributed by atoms with Crippen LogP contribution in [0.15, 0.2) is 18.2 Å². The molecule has 1 amide bonds. The van der Waals surface area contributed by atoms with Crippen molar-refractivity contribution in [3.05, 3.63) is 29.3 Å². The Morgan fingerprint density at radius 2 is 2.18 bits per heavy atom. The summed E-state index contributed by atoms with van der Waals surface area (Å²) in [5.41, 5.74) is 2.40. The lowest BCUT2D eigenvalue weighted by atomic mass is 9.85. The summed E-state index contributed by atoms with van der Waals surface area (Å²) >= 11 is 0.